The lowest BCUT2D eigenvalue weighted by atomic mass is 10.2. The van der Waals surface area contributed by atoms with E-state index in [0.717, 1.165) is 12.8 Å². The number of aliphatic carboxylic acids is 1. The van der Waals surface area contributed by atoms with Crippen LogP contribution in [0.3, 0.4) is 0 Å². The van der Waals surface area contributed by atoms with Crippen molar-refractivity contribution in [2.24, 2.45) is 0 Å². The molecule has 1 aliphatic rings. The highest BCUT2D eigenvalue weighted by Gasteiger charge is 2.27. The maximum absolute atomic E-state index is 11.4. The largest absolute Gasteiger partial charge is 0.481 e. The zero-order chi connectivity index (χ0) is 11.3. The Morgan fingerprint density at radius 2 is 2.40 bits per heavy atom. The standard InChI is InChI=1S/C10H18N2O3/c1-2-4-8-7-12(10(15)11-8)6-3-5-9(13)14/h8H,2-7H2,1H3,(H,11,15)(H,13,14). The summed E-state index contributed by atoms with van der Waals surface area (Å²) in [6.45, 7) is 3.34. The van der Waals surface area contributed by atoms with Crippen molar-refractivity contribution in [2.75, 3.05) is 13.1 Å². The van der Waals surface area contributed by atoms with E-state index >= 15 is 0 Å². The number of hydrogen-bond donors (Lipinski definition) is 2. The molecule has 1 aliphatic heterocycles. The van der Waals surface area contributed by atoms with Gasteiger partial charge in [0.15, 0.2) is 0 Å². The third-order valence-corrected chi connectivity index (χ3v) is 2.51. The van der Waals surface area contributed by atoms with E-state index in [0.29, 0.717) is 19.5 Å². The van der Waals surface area contributed by atoms with Gasteiger partial charge in [0.2, 0.25) is 0 Å². The number of carbonyl (C=O) groups is 2. The smallest absolute Gasteiger partial charge is 0.317 e. The van der Waals surface area contributed by atoms with E-state index in [1.165, 1.54) is 0 Å². The molecule has 5 heteroatoms. The van der Waals surface area contributed by atoms with E-state index < -0.39 is 5.97 Å². The van der Waals surface area contributed by atoms with Crippen molar-refractivity contribution in [1.29, 1.82) is 0 Å². The lowest BCUT2D eigenvalue weighted by molar-refractivity contribution is -0.137. The Balaban J connectivity index is 2.25. The van der Waals surface area contributed by atoms with Crippen molar-refractivity contribution < 1.29 is 14.7 Å². The van der Waals surface area contributed by atoms with Crippen LogP contribution in [0.4, 0.5) is 4.79 Å². The molecule has 0 radical (unpaired) electrons. The molecular weight excluding hydrogens is 196 g/mol. The molecule has 0 aliphatic carbocycles. The molecule has 0 aromatic rings. The van der Waals surface area contributed by atoms with Gasteiger partial charge in [-0.25, -0.2) is 4.79 Å². The number of carboxylic acid groups (broad SMARTS) is 1. The number of nitrogens with zero attached hydrogens (tertiary/aromatic N) is 1. The van der Waals surface area contributed by atoms with Crippen molar-refractivity contribution in [3.05, 3.63) is 0 Å². The Kier molecular flexibility index (Phi) is 4.39. The Labute approximate surface area is 89.4 Å². The van der Waals surface area contributed by atoms with Crippen molar-refractivity contribution in [1.82, 2.24) is 10.2 Å². The number of rotatable bonds is 6. The van der Waals surface area contributed by atoms with Gasteiger partial charge < -0.3 is 15.3 Å². The molecule has 1 saturated heterocycles. The van der Waals surface area contributed by atoms with Gasteiger partial charge in [-0.2, -0.15) is 0 Å². The van der Waals surface area contributed by atoms with Gasteiger partial charge in [0.05, 0.1) is 0 Å². The van der Waals surface area contributed by atoms with E-state index in [1.54, 1.807) is 4.90 Å². The molecule has 1 fully saturated rings. The average molecular weight is 214 g/mol. The SMILES string of the molecule is CCCC1CN(CCCC(=O)O)C(=O)N1. The Morgan fingerprint density at radius 3 is 3.00 bits per heavy atom. The second kappa shape index (κ2) is 5.58. The van der Waals surface area contributed by atoms with Crippen LogP contribution in [0, 0.1) is 0 Å². The van der Waals surface area contributed by atoms with E-state index in [2.05, 4.69) is 12.2 Å². The average Bonchev–Trinajstić information content (AvgIpc) is 2.47. The first-order chi connectivity index (χ1) is 7.13. The van der Waals surface area contributed by atoms with Crippen LogP contribution in [0.1, 0.15) is 32.6 Å². The van der Waals surface area contributed by atoms with Crippen LogP contribution in [0.5, 0.6) is 0 Å². The summed E-state index contributed by atoms with van der Waals surface area (Å²) in [5, 5.41) is 11.4. The van der Waals surface area contributed by atoms with E-state index in [1.807, 2.05) is 0 Å². The van der Waals surface area contributed by atoms with Gasteiger partial charge in [0, 0.05) is 25.6 Å². The van der Waals surface area contributed by atoms with E-state index in [4.69, 9.17) is 5.11 Å². The molecule has 2 amide bonds. The minimum atomic E-state index is -0.806. The molecular formula is C10H18N2O3. The summed E-state index contributed by atoms with van der Waals surface area (Å²) < 4.78 is 0. The number of nitrogens with one attached hydrogen (secondary N) is 1. The fourth-order valence-electron chi connectivity index (χ4n) is 1.79. The fraction of sp³-hybridized carbons (Fsp3) is 0.800. The highest BCUT2D eigenvalue weighted by Crippen LogP contribution is 2.09. The summed E-state index contributed by atoms with van der Waals surface area (Å²) in [6.07, 6.45) is 2.69. The van der Waals surface area contributed by atoms with Gasteiger partial charge in [-0.3, -0.25) is 4.79 Å². The third-order valence-electron chi connectivity index (χ3n) is 2.51. The number of amides is 2. The molecule has 0 aromatic heterocycles. The molecule has 5 nitrogen and oxygen atoms in total. The zero-order valence-corrected chi connectivity index (χ0v) is 9.03. The van der Waals surface area contributed by atoms with Crippen LogP contribution < -0.4 is 5.32 Å². The Hall–Kier alpha value is -1.26. The predicted octanol–water partition coefficient (Wildman–Crippen LogP) is 1.05. The highest BCUT2D eigenvalue weighted by atomic mass is 16.4. The molecule has 1 unspecified atom stereocenters. The van der Waals surface area contributed by atoms with Crippen LogP contribution >= 0.6 is 0 Å². The van der Waals surface area contributed by atoms with Gasteiger partial charge in [-0.1, -0.05) is 13.3 Å². The maximum atomic E-state index is 11.4. The third kappa shape index (κ3) is 3.77. The van der Waals surface area contributed by atoms with Crippen molar-refractivity contribution in [3.63, 3.8) is 0 Å². The fourth-order valence-corrected chi connectivity index (χ4v) is 1.79. The number of hydrogen-bond acceptors (Lipinski definition) is 2. The van der Waals surface area contributed by atoms with E-state index in [-0.39, 0.29) is 18.5 Å². The predicted molar refractivity (Wildman–Crippen MR) is 55.7 cm³/mol. The molecule has 86 valence electrons. The maximum Gasteiger partial charge on any atom is 0.317 e. The minimum absolute atomic E-state index is 0.0566. The molecule has 0 saturated carbocycles. The molecule has 0 spiro atoms. The quantitative estimate of drug-likeness (QED) is 0.694. The topological polar surface area (TPSA) is 69.6 Å². The summed E-state index contributed by atoms with van der Waals surface area (Å²) in [4.78, 5) is 23.4. The number of urea groups is 1. The lowest BCUT2D eigenvalue weighted by Gasteiger charge is -2.13. The highest BCUT2D eigenvalue weighted by molar-refractivity contribution is 5.76. The summed E-state index contributed by atoms with van der Waals surface area (Å²) >= 11 is 0. The van der Waals surface area contributed by atoms with Crippen LogP contribution in [-0.4, -0.2) is 41.1 Å². The monoisotopic (exact) mass is 214 g/mol. The van der Waals surface area contributed by atoms with Crippen LogP contribution in [-0.2, 0) is 4.79 Å². The van der Waals surface area contributed by atoms with Gasteiger partial charge in [-0.05, 0) is 12.8 Å². The zero-order valence-electron chi connectivity index (χ0n) is 9.03. The number of carbonyl (C=O) groups excluding carboxylic acids is 1. The first-order valence-corrected chi connectivity index (χ1v) is 5.40. The van der Waals surface area contributed by atoms with Crippen LogP contribution in [0.25, 0.3) is 0 Å². The van der Waals surface area contributed by atoms with Crippen LogP contribution in [0.2, 0.25) is 0 Å². The van der Waals surface area contributed by atoms with Crippen molar-refractivity contribution in [3.8, 4) is 0 Å². The molecule has 2 N–H and O–H groups in total. The second-order valence-electron chi connectivity index (χ2n) is 3.88. The summed E-state index contributed by atoms with van der Waals surface area (Å²) in [6, 6.07) is 0.186. The first kappa shape index (κ1) is 11.8. The van der Waals surface area contributed by atoms with Gasteiger partial charge in [0.1, 0.15) is 0 Å². The Bertz CT molecular complexity index is 243. The molecule has 1 atom stereocenters. The van der Waals surface area contributed by atoms with Crippen LogP contribution in [0.15, 0.2) is 0 Å². The normalized spacial score (nSPS) is 20.5. The molecule has 1 rings (SSSR count). The first-order valence-electron chi connectivity index (χ1n) is 5.40. The summed E-state index contributed by atoms with van der Waals surface area (Å²) in [5.41, 5.74) is 0. The van der Waals surface area contributed by atoms with Gasteiger partial charge >= 0.3 is 12.0 Å². The molecule has 0 bridgehead atoms. The number of carboxylic acids is 1. The minimum Gasteiger partial charge on any atom is -0.481 e. The van der Waals surface area contributed by atoms with E-state index in [9.17, 15) is 9.59 Å². The molecule has 15 heavy (non-hydrogen) atoms. The lowest BCUT2D eigenvalue weighted by Crippen LogP contribution is -2.29. The second-order valence-corrected chi connectivity index (χ2v) is 3.88. The molecule has 0 aromatic carbocycles. The molecule has 1 heterocycles. The van der Waals surface area contributed by atoms with Crippen molar-refractivity contribution >= 4 is 12.0 Å². The summed E-state index contributed by atoms with van der Waals surface area (Å²) in [5.74, 6) is -0.806. The summed E-state index contributed by atoms with van der Waals surface area (Å²) in [7, 11) is 0. The Morgan fingerprint density at radius 1 is 1.67 bits per heavy atom. The van der Waals surface area contributed by atoms with Gasteiger partial charge in [-0.15, -0.1) is 0 Å². The van der Waals surface area contributed by atoms with Crippen molar-refractivity contribution in [2.45, 2.75) is 38.6 Å². The van der Waals surface area contributed by atoms with Gasteiger partial charge in [0.25, 0.3) is 0 Å².